The minimum absolute atomic E-state index is 0.109. The molecule has 0 radical (unpaired) electrons. The zero-order valence-corrected chi connectivity index (χ0v) is 30.0. The molecule has 3 aliphatic rings. The summed E-state index contributed by atoms with van der Waals surface area (Å²) in [7, 11) is 1.68. The fraction of sp³-hybridized carbons (Fsp3) is 0.487. The maximum absolute atomic E-state index is 14.9. The van der Waals surface area contributed by atoms with Gasteiger partial charge in [0.05, 0.1) is 47.3 Å². The van der Waals surface area contributed by atoms with Gasteiger partial charge in [-0.3, -0.25) is 19.2 Å². The second-order valence-electron chi connectivity index (χ2n) is 13.8. The predicted molar refractivity (Wildman–Crippen MR) is 191 cm³/mol. The fourth-order valence-corrected chi connectivity index (χ4v) is 8.23. The average molecular weight is 706 g/mol. The number of hydrogen-bond acceptors (Lipinski definition) is 7. The Morgan fingerprint density at radius 1 is 1.10 bits per heavy atom. The van der Waals surface area contributed by atoms with Crippen molar-refractivity contribution in [2.24, 2.45) is 17.8 Å². The first-order chi connectivity index (χ1) is 23.9. The number of aliphatic hydroxyl groups is 1. The molecule has 3 heterocycles. The summed E-state index contributed by atoms with van der Waals surface area (Å²) in [5, 5.41) is 11.0. The highest BCUT2D eigenvalue weighted by Crippen LogP contribution is 2.60. The zero-order chi connectivity index (χ0) is 36.3. The number of carbonyl (C=O) groups excluding carboxylic acids is 4. The molecule has 3 fully saturated rings. The van der Waals surface area contributed by atoms with E-state index in [9.17, 15) is 24.3 Å². The van der Waals surface area contributed by atoms with Gasteiger partial charge in [0.2, 0.25) is 11.8 Å². The lowest BCUT2D eigenvalue weighted by atomic mass is 9.70. The molecular formula is C39H48ClN3O7. The Bertz CT molecular complexity index is 1600. The van der Waals surface area contributed by atoms with Crippen LogP contribution in [0, 0.1) is 17.8 Å². The van der Waals surface area contributed by atoms with Gasteiger partial charge in [0.1, 0.15) is 17.7 Å². The van der Waals surface area contributed by atoms with E-state index in [0.717, 1.165) is 0 Å². The summed E-state index contributed by atoms with van der Waals surface area (Å²) in [5.41, 5.74) is -0.189. The molecule has 2 aromatic carbocycles. The third kappa shape index (κ3) is 6.61. The molecule has 2 bridgehead atoms. The SMILES string of the molecule is C=CCCC(=O)N(C)[C@@H](C)[C@@H](OC(=O)[C@@H]1[C@H]2C(=O)N([C@@H](CO)C(C)C)[C@H](C(=O)N(CC=C)c3ccccc3Cl)[C@]23CC[C@H]1O3)c1ccccc1. The van der Waals surface area contributed by atoms with Crippen LogP contribution in [0.5, 0.6) is 0 Å². The van der Waals surface area contributed by atoms with Crippen molar-refractivity contribution in [2.75, 3.05) is 25.1 Å². The van der Waals surface area contributed by atoms with Gasteiger partial charge in [-0.25, -0.2) is 0 Å². The topological polar surface area (TPSA) is 117 Å². The van der Waals surface area contributed by atoms with Crippen molar-refractivity contribution < 1.29 is 33.8 Å². The Morgan fingerprint density at radius 2 is 1.78 bits per heavy atom. The second kappa shape index (κ2) is 15.5. The Hall–Kier alpha value is -3.99. The standard InChI is InChI=1S/C39H48ClN3O7/c1-7-9-19-31(45)41(6)25(5)34(26-15-11-10-12-16-26)49-38(48)32-30-20-21-39(50-30)33(32)36(46)43(29(23-44)24(3)4)35(39)37(47)42(22-8-2)28-18-14-13-17-27(28)40/h7-8,10-18,24-25,29-30,32-35,44H,1-2,9,19-23H2,3-6H3/t25-,29-,30+,32-,33-,34+,35+,39-/m0/s1. The minimum Gasteiger partial charge on any atom is -0.455 e. The molecule has 2 aromatic rings. The number of likely N-dealkylation sites (tertiary alicyclic amines) is 1. The first kappa shape index (κ1) is 37.3. The number of amides is 3. The van der Waals surface area contributed by atoms with Crippen molar-refractivity contribution in [3.05, 3.63) is 90.5 Å². The molecule has 0 aromatic heterocycles. The number of para-hydroxylation sites is 1. The molecule has 10 nitrogen and oxygen atoms in total. The number of rotatable bonds is 15. The van der Waals surface area contributed by atoms with E-state index in [1.54, 1.807) is 48.4 Å². The van der Waals surface area contributed by atoms with Crippen LogP contribution in [0.4, 0.5) is 5.69 Å². The highest BCUT2D eigenvalue weighted by Gasteiger charge is 2.76. The number of hydrogen-bond donors (Lipinski definition) is 1. The molecule has 5 rings (SSSR count). The number of benzene rings is 2. The van der Waals surface area contributed by atoms with Crippen LogP contribution in [0.3, 0.4) is 0 Å². The zero-order valence-electron chi connectivity index (χ0n) is 29.2. The van der Waals surface area contributed by atoms with Gasteiger partial charge in [0.15, 0.2) is 0 Å². The molecule has 0 saturated carbocycles. The van der Waals surface area contributed by atoms with Crippen LogP contribution in [-0.2, 0) is 28.7 Å². The highest BCUT2D eigenvalue weighted by molar-refractivity contribution is 6.34. The van der Waals surface area contributed by atoms with Gasteiger partial charge in [-0.05, 0) is 49.8 Å². The van der Waals surface area contributed by atoms with Crippen LogP contribution in [0.25, 0.3) is 0 Å². The van der Waals surface area contributed by atoms with Crippen LogP contribution in [0.1, 0.15) is 58.1 Å². The van der Waals surface area contributed by atoms with E-state index >= 15 is 0 Å². The summed E-state index contributed by atoms with van der Waals surface area (Å²) >= 11 is 6.58. The maximum Gasteiger partial charge on any atom is 0.313 e. The lowest BCUT2D eigenvalue weighted by molar-refractivity contribution is -0.165. The van der Waals surface area contributed by atoms with Crippen LogP contribution in [-0.4, -0.2) is 88.6 Å². The first-order valence-corrected chi connectivity index (χ1v) is 17.7. The van der Waals surface area contributed by atoms with Gasteiger partial charge in [0, 0.05) is 20.0 Å². The summed E-state index contributed by atoms with van der Waals surface area (Å²) in [4.78, 5) is 61.6. The second-order valence-corrected chi connectivity index (χ2v) is 14.2. The summed E-state index contributed by atoms with van der Waals surface area (Å²) in [5.74, 6) is -3.86. The maximum atomic E-state index is 14.9. The first-order valence-electron chi connectivity index (χ1n) is 17.3. The lowest BCUT2D eigenvalue weighted by Crippen LogP contribution is -2.59. The van der Waals surface area contributed by atoms with E-state index in [1.807, 2.05) is 51.1 Å². The van der Waals surface area contributed by atoms with E-state index in [1.165, 1.54) is 9.80 Å². The summed E-state index contributed by atoms with van der Waals surface area (Å²) < 4.78 is 13.0. The van der Waals surface area contributed by atoms with Gasteiger partial charge in [-0.2, -0.15) is 0 Å². The van der Waals surface area contributed by atoms with E-state index in [-0.39, 0.29) is 31.4 Å². The van der Waals surface area contributed by atoms with Crippen molar-refractivity contribution in [3.8, 4) is 0 Å². The molecule has 8 atom stereocenters. The van der Waals surface area contributed by atoms with E-state index in [4.69, 9.17) is 21.1 Å². The van der Waals surface area contributed by atoms with Crippen molar-refractivity contribution in [1.82, 2.24) is 9.80 Å². The van der Waals surface area contributed by atoms with E-state index in [0.29, 0.717) is 35.5 Å². The molecule has 3 saturated heterocycles. The van der Waals surface area contributed by atoms with Gasteiger partial charge in [-0.15, -0.1) is 13.2 Å². The van der Waals surface area contributed by atoms with Crippen LogP contribution in [0.15, 0.2) is 79.9 Å². The quantitative estimate of drug-likeness (QED) is 0.196. The van der Waals surface area contributed by atoms with E-state index in [2.05, 4.69) is 13.2 Å². The number of fused-ring (bicyclic) bond motifs is 1. The lowest BCUT2D eigenvalue weighted by Gasteiger charge is -2.40. The third-order valence-electron chi connectivity index (χ3n) is 10.7. The molecular weight excluding hydrogens is 658 g/mol. The largest absolute Gasteiger partial charge is 0.455 e. The van der Waals surface area contributed by atoms with Gasteiger partial charge in [0.25, 0.3) is 5.91 Å². The molecule has 1 N–H and O–H groups in total. The molecule has 3 amide bonds. The molecule has 0 aliphatic carbocycles. The van der Waals surface area contributed by atoms with Crippen LogP contribution in [0.2, 0.25) is 5.02 Å². The number of anilines is 1. The minimum atomic E-state index is -1.34. The number of ether oxygens (including phenoxy) is 2. The number of halogens is 1. The highest BCUT2D eigenvalue weighted by atomic mass is 35.5. The Kier molecular flexibility index (Phi) is 11.5. The van der Waals surface area contributed by atoms with E-state index < -0.39 is 65.6 Å². The van der Waals surface area contributed by atoms with Crippen molar-refractivity contribution in [1.29, 1.82) is 0 Å². The van der Waals surface area contributed by atoms with Crippen molar-refractivity contribution in [2.45, 2.75) is 82.4 Å². The predicted octanol–water partition coefficient (Wildman–Crippen LogP) is 5.35. The fourth-order valence-electron chi connectivity index (χ4n) is 7.99. The summed E-state index contributed by atoms with van der Waals surface area (Å²) in [6.07, 6.45) is 3.35. The third-order valence-corrected chi connectivity index (χ3v) is 11.0. The Morgan fingerprint density at radius 3 is 2.40 bits per heavy atom. The number of aliphatic hydroxyl groups excluding tert-OH is 1. The molecule has 3 aliphatic heterocycles. The van der Waals surface area contributed by atoms with Crippen LogP contribution < -0.4 is 4.90 Å². The molecule has 268 valence electrons. The number of likely N-dealkylation sites (N-methyl/N-ethyl adjacent to an activating group) is 1. The monoisotopic (exact) mass is 705 g/mol. The molecule has 50 heavy (non-hydrogen) atoms. The smallest absolute Gasteiger partial charge is 0.313 e. The average Bonchev–Trinajstić information content (AvgIpc) is 3.76. The van der Waals surface area contributed by atoms with Gasteiger partial charge >= 0.3 is 5.97 Å². The number of nitrogens with zero attached hydrogens (tertiary/aromatic N) is 3. The van der Waals surface area contributed by atoms with Crippen molar-refractivity contribution >= 4 is 41.0 Å². The van der Waals surface area contributed by atoms with Crippen molar-refractivity contribution in [3.63, 3.8) is 0 Å². The number of allylic oxidation sites excluding steroid dienone is 1. The summed E-state index contributed by atoms with van der Waals surface area (Å²) in [6.45, 7) is 12.9. The Labute approximate surface area is 299 Å². The number of esters is 1. The molecule has 1 spiro atoms. The van der Waals surface area contributed by atoms with Gasteiger partial charge < -0.3 is 29.3 Å². The normalized spacial score (nSPS) is 25.5. The van der Waals surface area contributed by atoms with Gasteiger partial charge in [-0.1, -0.05) is 80.1 Å². The molecule has 11 heteroatoms. The number of carbonyl (C=O) groups is 4. The van der Waals surface area contributed by atoms with Crippen LogP contribution >= 0.6 is 11.6 Å². The Balaban J connectivity index is 1.54. The summed E-state index contributed by atoms with van der Waals surface area (Å²) in [6, 6.07) is 13.7. The molecule has 0 unspecified atom stereocenters.